The lowest BCUT2D eigenvalue weighted by Crippen LogP contribution is -2.19. The molecule has 2 atom stereocenters. The van der Waals surface area contributed by atoms with Crippen molar-refractivity contribution in [2.45, 2.75) is 37.4 Å². The predicted octanol–water partition coefficient (Wildman–Crippen LogP) is 2.68. The molecule has 0 aromatic rings. The van der Waals surface area contributed by atoms with Gasteiger partial charge in [0, 0.05) is 10.5 Å². The second-order valence-corrected chi connectivity index (χ2v) is 5.12. The van der Waals surface area contributed by atoms with Gasteiger partial charge in [0.2, 0.25) is 0 Å². The Morgan fingerprint density at radius 3 is 2.78 bits per heavy atom. The molecule has 52 valence electrons. The molecule has 0 radical (unpaired) electrons. The summed E-state index contributed by atoms with van der Waals surface area (Å²) < 4.78 is 0.817. The normalized spacial score (nSPS) is 49.7. The van der Waals surface area contributed by atoms with Crippen LogP contribution in [0, 0.1) is 5.92 Å². The summed E-state index contributed by atoms with van der Waals surface area (Å²) in [5.74, 6) is 2.49. The molecule has 9 heavy (non-hydrogen) atoms. The summed E-state index contributed by atoms with van der Waals surface area (Å²) in [6.07, 6.45) is 6.01. The second-order valence-electron chi connectivity index (χ2n) is 3.67. The smallest absolute Gasteiger partial charge is 0.0253 e. The average molecular weight is 142 g/mol. The summed E-state index contributed by atoms with van der Waals surface area (Å²) in [5.41, 5.74) is 0. The molecule has 0 N–H and O–H groups in total. The van der Waals surface area contributed by atoms with Crippen LogP contribution in [0.4, 0.5) is 0 Å². The molecule has 0 aromatic carbocycles. The Balaban J connectivity index is 1.96. The van der Waals surface area contributed by atoms with Crippen molar-refractivity contribution >= 4 is 11.8 Å². The third kappa shape index (κ3) is 1.12. The lowest BCUT2D eigenvalue weighted by molar-refractivity contribution is 0.353. The molecule has 2 rings (SSSR count). The molecule has 1 aliphatic heterocycles. The Morgan fingerprint density at radius 1 is 1.56 bits per heavy atom. The first-order chi connectivity index (χ1) is 4.31. The molecule has 0 amide bonds. The monoisotopic (exact) mass is 142 g/mol. The van der Waals surface area contributed by atoms with E-state index in [0.29, 0.717) is 0 Å². The van der Waals surface area contributed by atoms with Crippen molar-refractivity contribution in [3.8, 4) is 0 Å². The Kier molecular flexibility index (Phi) is 1.29. The minimum atomic E-state index is 0.817. The summed E-state index contributed by atoms with van der Waals surface area (Å²) in [5, 5.41) is 0. The molecule has 2 fully saturated rings. The van der Waals surface area contributed by atoms with Crippen LogP contribution in [0.15, 0.2) is 0 Å². The highest BCUT2D eigenvalue weighted by atomic mass is 32.2. The summed E-state index contributed by atoms with van der Waals surface area (Å²) in [6, 6.07) is 0. The third-order valence-corrected chi connectivity index (χ3v) is 4.08. The van der Waals surface area contributed by atoms with E-state index in [1.807, 2.05) is 0 Å². The van der Waals surface area contributed by atoms with Gasteiger partial charge in [-0.05, 0) is 18.8 Å². The van der Waals surface area contributed by atoms with E-state index in [-0.39, 0.29) is 0 Å². The van der Waals surface area contributed by atoms with Gasteiger partial charge in [0.1, 0.15) is 0 Å². The fourth-order valence-electron chi connectivity index (χ4n) is 1.98. The van der Waals surface area contributed by atoms with Crippen LogP contribution in [-0.4, -0.2) is 10.5 Å². The molecule has 0 nitrogen and oxygen atoms in total. The van der Waals surface area contributed by atoms with Crippen LogP contribution in [0.25, 0.3) is 0 Å². The zero-order chi connectivity index (χ0) is 6.32. The van der Waals surface area contributed by atoms with Gasteiger partial charge < -0.3 is 0 Å². The van der Waals surface area contributed by atoms with E-state index < -0.39 is 0 Å². The van der Waals surface area contributed by atoms with E-state index in [2.05, 4.69) is 18.7 Å². The number of hydrogen-bond donors (Lipinski definition) is 0. The molecule has 1 saturated heterocycles. The summed E-state index contributed by atoms with van der Waals surface area (Å²) >= 11 is 2.20. The van der Waals surface area contributed by atoms with Gasteiger partial charge in [-0.25, -0.2) is 0 Å². The average Bonchev–Trinajstić information content (AvgIpc) is 2.49. The first-order valence-electron chi connectivity index (χ1n) is 3.95. The number of rotatable bonds is 0. The molecule has 1 aliphatic carbocycles. The van der Waals surface area contributed by atoms with Gasteiger partial charge in [0.05, 0.1) is 0 Å². The van der Waals surface area contributed by atoms with E-state index in [1.165, 1.54) is 31.4 Å². The van der Waals surface area contributed by atoms with Crippen molar-refractivity contribution in [2.24, 2.45) is 5.92 Å². The van der Waals surface area contributed by atoms with Crippen molar-refractivity contribution in [2.75, 3.05) is 5.75 Å². The van der Waals surface area contributed by atoms with Crippen LogP contribution in [0.3, 0.4) is 0 Å². The lowest BCUT2D eigenvalue weighted by Gasteiger charge is -2.24. The van der Waals surface area contributed by atoms with Crippen molar-refractivity contribution in [3.63, 3.8) is 0 Å². The van der Waals surface area contributed by atoms with Crippen LogP contribution in [0.2, 0.25) is 0 Å². The van der Waals surface area contributed by atoms with Crippen molar-refractivity contribution in [1.82, 2.24) is 0 Å². The number of hydrogen-bond acceptors (Lipinski definition) is 1. The molecule has 1 saturated carbocycles. The standard InChI is InChI=1S/C8H14S/c1-7-3-2-4-8(5-7)6-9-8/h7H,2-6H2,1H3. The molecule has 1 heterocycles. The Labute approximate surface area is 61.4 Å². The molecule has 0 aromatic heterocycles. The van der Waals surface area contributed by atoms with Gasteiger partial charge in [-0.1, -0.05) is 19.8 Å². The van der Waals surface area contributed by atoms with Crippen molar-refractivity contribution < 1.29 is 0 Å². The van der Waals surface area contributed by atoms with Gasteiger partial charge in [-0.3, -0.25) is 0 Å². The van der Waals surface area contributed by atoms with E-state index in [4.69, 9.17) is 0 Å². The quantitative estimate of drug-likeness (QED) is 0.469. The molecule has 2 unspecified atom stereocenters. The van der Waals surface area contributed by atoms with Crippen LogP contribution >= 0.6 is 11.8 Å². The van der Waals surface area contributed by atoms with Gasteiger partial charge in [-0.2, -0.15) is 11.8 Å². The Bertz CT molecular complexity index is 116. The first-order valence-corrected chi connectivity index (χ1v) is 4.93. The molecule has 0 bridgehead atoms. The minimum Gasteiger partial charge on any atom is -0.153 e. The number of thioether (sulfide) groups is 1. The van der Waals surface area contributed by atoms with E-state index >= 15 is 0 Å². The van der Waals surface area contributed by atoms with E-state index in [1.54, 1.807) is 0 Å². The first kappa shape index (κ1) is 6.09. The van der Waals surface area contributed by atoms with Gasteiger partial charge in [0.15, 0.2) is 0 Å². The Hall–Kier alpha value is 0.350. The predicted molar refractivity (Wildman–Crippen MR) is 42.8 cm³/mol. The SMILES string of the molecule is CC1CCCC2(CS2)C1. The third-order valence-electron chi connectivity index (χ3n) is 2.60. The lowest BCUT2D eigenvalue weighted by atomic mass is 9.83. The van der Waals surface area contributed by atoms with Crippen LogP contribution in [0.1, 0.15) is 32.6 Å². The fraction of sp³-hybridized carbons (Fsp3) is 1.00. The minimum absolute atomic E-state index is 0.817. The highest BCUT2D eigenvalue weighted by Crippen LogP contribution is 2.55. The van der Waals surface area contributed by atoms with Crippen molar-refractivity contribution in [3.05, 3.63) is 0 Å². The zero-order valence-corrected chi connectivity index (χ0v) is 6.84. The summed E-state index contributed by atoms with van der Waals surface area (Å²) in [6.45, 7) is 2.40. The largest absolute Gasteiger partial charge is 0.153 e. The maximum absolute atomic E-state index is 2.40. The highest BCUT2D eigenvalue weighted by Gasteiger charge is 2.45. The molecule has 1 spiro atoms. The fourth-order valence-corrected chi connectivity index (χ4v) is 3.13. The Morgan fingerprint density at radius 2 is 2.33 bits per heavy atom. The summed E-state index contributed by atoms with van der Waals surface area (Å²) in [7, 11) is 0. The molecule has 1 heteroatoms. The van der Waals surface area contributed by atoms with Crippen LogP contribution in [0.5, 0.6) is 0 Å². The van der Waals surface area contributed by atoms with Gasteiger partial charge in [0.25, 0.3) is 0 Å². The van der Waals surface area contributed by atoms with Gasteiger partial charge in [-0.15, -0.1) is 0 Å². The van der Waals surface area contributed by atoms with E-state index in [9.17, 15) is 0 Å². The summed E-state index contributed by atoms with van der Waals surface area (Å²) in [4.78, 5) is 0. The van der Waals surface area contributed by atoms with Gasteiger partial charge >= 0.3 is 0 Å². The van der Waals surface area contributed by atoms with E-state index in [0.717, 1.165) is 10.7 Å². The molecular formula is C8H14S. The molecular weight excluding hydrogens is 128 g/mol. The zero-order valence-electron chi connectivity index (χ0n) is 6.02. The second kappa shape index (κ2) is 1.91. The maximum atomic E-state index is 2.40. The maximum Gasteiger partial charge on any atom is 0.0253 e. The van der Waals surface area contributed by atoms with Crippen LogP contribution in [-0.2, 0) is 0 Å². The van der Waals surface area contributed by atoms with Crippen LogP contribution < -0.4 is 0 Å². The molecule has 2 aliphatic rings. The topological polar surface area (TPSA) is 0 Å². The van der Waals surface area contributed by atoms with Crippen molar-refractivity contribution in [1.29, 1.82) is 0 Å². The highest BCUT2D eigenvalue weighted by molar-refractivity contribution is 8.07.